The highest BCUT2D eigenvalue weighted by atomic mass is 32.2. The summed E-state index contributed by atoms with van der Waals surface area (Å²) in [5.41, 5.74) is 0. The molecule has 0 amide bonds. The van der Waals surface area contributed by atoms with Crippen molar-refractivity contribution in [3.63, 3.8) is 0 Å². The third-order valence-corrected chi connectivity index (χ3v) is 8.08. The van der Waals surface area contributed by atoms with Crippen molar-refractivity contribution in [1.82, 2.24) is 13.3 Å². The minimum Gasteiger partial charge on any atom is -0.212 e. The molecule has 124 valence electrons. The molecule has 1 saturated carbocycles. The smallest absolute Gasteiger partial charge is 0.212 e. The Hall–Kier alpha value is -0.220. The van der Waals surface area contributed by atoms with Gasteiger partial charge in [-0.3, -0.25) is 0 Å². The molecule has 0 radical (unpaired) electrons. The van der Waals surface area contributed by atoms with Gasteiger partial charge in [0.25, 0.3) is 10.2 Å². The predicted molar refractivity (Wildman–Crippen MR) is 81.5 cm³/mol. The summed E-state index contributed by atoms with van der Waals surface area (Å²) >= 11 is 0. The first-order valence-electron chi connectivity index (χ1n) is 7.42. The van der Waals surface area contributed by atoms with Crippen LogP contribution in [0, 0.1) is 0 Å². The maximum atomic E-state index is 12.4. The molecular formula is C12H25N3O4S2. The van der Waals surface area contributed by atoms with Crippen LogP contribution in [0.15, 0.2) is 0 Å². The molecule has 1 N–H and O–H groups in total. The van der Waals surface area contributed by atoms with E-state index in [1.54, 1.807) is 0 Å². The summed E-state index contributed by atoms with van der Waals surface area (Å²) in [6, 6.07) is 0.0239. The van der Waals surface area contributed by atoms with Crippen molar-refractivity contribution in [2.75, 3.05) is 27.2 Å². The molecule has 2 rings (SSSR count). The second-order valence-corrected chi connectivity index (χ2v) is 10.2. The van der Waals surface area contributed by atoms with Crippen LogP contribution in [0.5, 0.6) is 0 Å². The molecule has 2 aliphatic rings. The Bertz CT molecular complexity index is 553. The van der Waals surface area contributed by atoms with Crippen molar-refractivity contribution in [3.05, 3.63) is 0 Å². The summed E-state index contributed by atoms with van der Waals surface area (Å²) in [6.07, 6.45) is 4.96. The Morgan fingerprint density at radius 2 is 1.62 bits per heavy atom. The summed E-state index contributed by atoms with van der Waals surface area (Å²) in [7, 11) is -4.08. The molecule has 0 spiro atoms. The molecular weight excluding hydrogens is 314 g/mol. The van der Waals surface area contributed by atoms with Crippen LogP contribution < -0.4 is 4.72 Å². The molecule has 9 heteroatoms. The molecule has 1 aliphatic carbocycles. The first-order valence-corrected chi connectivity index (χ1v) is 10.4. The molecule has 2 fully saturated rings. The van der Waals surface area contributed by atoms with Crippen LogP contribution in [-0.2, 0) is 20.2 Å². The summed E-state index contributed by atoms with van der Waals surface area (Å²) in [6.45, 7) is 0.429. The van der Waals surface area contributed by atoms with E-state index in [0.29, 0.717) is 19.4 Å². The average molecular weight is 339 g/mol. The van der Waals surface area contributed by atoms with E-state index in [4.69, 9.17) is 0 Å². The van der Waals surface area contributed by atoms with Crippen molar-refractivity contribution < 1.29 is 16.8 Å². The van der Waals surface area contributed by atoms with Gasteiger partial charge >= 0.3 is 0 Å². The van der Waals surface area contributed by atoms with Crippen LogP contribution in [0.2, 0.25) is 0 Å². The highest BCUT2D eigenvalue weighted by molar-refractivity contribution is 7.90. The predicted octanol–water partition coefficient (Wildman–Crippen LogP) is 0.119. The van der Waals surface area contributed by atoms with E-state index in [-0.39, 0.29) is 12.6 Å². The SMILES string of the molecule is CN(C)S(=O)(=O)N1CCCC(S(=O)(=O)NC2CCCC2)C1. The van der Waals surface area contributed by atoms with E-state index in [9.17, 15) is 16.8 Å². The number of hydrogen-bond acceptors (Lipinski definition) is 4. The summed E-state index contributed by atoms with van der Waals surface area (Å²) in [5, 5.41) is -0.651. The number of rotatable bonds is 5. The second-order valence-electron chi connectivity index (χ2n) is 6.06. The number of hydrogen-bond donors (Lipinski definition) is 1. The highest BCUT2D eigenvalue weighted by Crippen LogP contribution is 2.23. The minimum absolute atomic E-state index is 0.0239. The Labute approximate surface area is 127 Å². The second kappa shape index (κ2) is 6.49. The van der Waals surface area contributed by atoms with Gasteiger partial charge in [-0.2, -0.15) is 17.0 Å². The van der Waals surface area contributed by atoms with E-state index in [0.717, 1.165) is 30.0 Å². The highest BCUT2D eigenvalue weighted by Gasteiger charge is 2.37. The summed E-state index contributed by atoms with van der Waals surface area (Å²) in [4.78, 5) is 0. The van der Waals surface area contributed by atoms with Crippen molar-refractivity contribution in [3.8, 4) is 0 Å². The fourth-order valence-corrected chi connectivity index (χ4v) is 6.00. The number of piperidine rings is 1. The maximum Gasteiger partial charge on any atom is 0.281 e. The molecule has 0 aromatic heterocycles. The quantitative estimate of drug-likeness (QED) is 0.771. The van der Waals surface area contributed by atoms with Crippen molar-refractivity contribution in [1.29, 1.82) is 0 Å². The van der Waals surface area contributed by atoms with Gasteiger partial charge in [0.1, 0.15) is 0 Å². The Morgan fingerprint density at radius 1 is 1.00 bits per heavy atom. The van der Waals surface area contributed by atoms with Crippen molar-refractivity contribution >= 4 is 20.2 Å². The monoisotopic (exact) mass is 339 g/mol. The van der Waals surface area contributed by atoms with Gasteiger partial charge in [-0.05, 0) is 25.7 Å². The van der Waals surface area contributed by atoms with Crippen LogP contribution in [0.1, 0.15) is 38.5 Å². The normalized spacial score (nSPS) is 26.5. The van der Waals surface area contributed by atoms with Crippen molar-refractivity contribution in [2.45, 2.75) is 49.8 Å². The Kier molecular flexibility index (Phi) is 5.30. The number of sulfonamides is 1. The third kappa shape index (κ3) is 3.95. The molecule has 1 atom stereocenters. The standard InChI is InChI=1S/C12H25N3O4S2/c1-14(2)21(18,19)15-9-5-8-12(10-15)20(16,17)13-11-6-3-4-7-11/h11-13H,3-10H2,1-2H3. The average Bonchev–Trinajstić information content (AvgIpc) is 2.91. The first-order chi connectivity index (χ1) is 9.73. The summed E-state index contributed by atoms with van der Waals surface area (Å²) in [5.74, 6) is 0. The zero-order chi connectivity index (χ0) is 15.7. The number of nitrogens with one attached hydrogen (secondary N) is 1. The van der Waals surface area contributed by atoms with Gasteiger partial charge < -0.3 is 0 Å². The van der Waals surface area contributed by atoms with Gasteiger partial charge in [-0.1, -0.05) is 12.8 Å². The molecule has 7 nitrogen and oxygen atoms in total. The lowest BCUT2D eigenvalue weighted by Crippen LogP contribution is -2.52. The van der Waals surface area contributed by atoms with Crippen LogP contribution in [0.25, 0.3) is 0 Å². The lowest BCUT2D eigenvalue weighted by atomic mass is 10.2. The van der Waals surface area contributed by atoms with Crippen LogP contribution in [0.4, 0.5) is 0 Å². The van der Waals surface area contributed by atoms with E-state index in [2.05, 4.69) is 4.72 Å². The van der Waals surface area contributed by atoms with Gasteiger partial charge in [0, 0.05) is 33.2 Å². The van der Waals surface area contributed by atoms with E-state index < -0.39 is 25.5 Å². The van der Waals surface area contributed by atoms with Crippen LogP contribution in [0.3, 0.4) is 0 Å². The molecule has 1 unspecified atom stereocenters. The van der Waals surface area contributed by atoms with Gasteiger partial charge in [0.05, 0.1) is 5.25 Å². The molecule has 1 heterocycles. The van der Waals surface area contributed by atoms with Gasteiger partial charge in [-0.15, -0.1) is 0 Å². The lowest BCUT2D eigenvalue weighted by Gasteiger charge is -2.33. The minimum atomic E-state index is -3.55. The zero-order valence-electron chi connectivity index (χ0n) is 12.7. The maximum absolute atomic E-state index is 12.4. The Balaban J connectivity index is 2.06. The van der Waals surface area contributed by atoms with E-state index in [1.807, 2.05) is 0 Å². The van der Waals surface area contributed by atoms with Gasteiger partial charge in [0.15, 0.2) is 0 Å². The molecule has 0 aromatic carbocycles. The lowest BCUT2D eigenvalue weighted by molar-refractivity contribution is 0.323. The number of nitrogens with zero attached hydrogens (tertiary/aromatic N) is 2. The van der Waals surface area contributed by atoms with Crippen molar-refractivity contribution in [2.24, 2.45) is 0 Å². The fourth-order valence-electron chi connectivity index (χ4n) is 2.97. The molecule has 0 aromatic rings. The molecule has 21 heavy (non-hydrogen) atoms. The summed E-state index contributed by atoms with van der Waals surface area (Å²) < 4.78 is 54.3. The van der Waals surface area contributed by atoms with E-state index >= 15 is 0 Å². The molecule has 0 bridgehead atoms. The van der Waals surface area contributed by atoms with Crippen LogP contribution >= 0.6 is 0 Å². The third-order valence-electron chi connectivity index (χ3n) is 4.25. The van der Waals surface area contributed by atoms with E-state index in [1.165, 1.54) is 18.4 Å². The van der Waals surface area contributed by atoms with Gasteiger partial charge in [0.2, 0.25) is 10.0 Å². The van der Waals surface area contributed by atoms with Gasteiger partial charge in [-0.25, -0.2) is 13.1 Å². The molecule has 1 aliphatic heterocycles. The topological polar surface area (TPSA) is 86.8 Å². The zero-order valence-corrected chi connectivity index (χ0v) is 14.3. The fraction of sp³-hybridized carbons (Fsp3) is 1.00. The first kappa shape index (κ1) is 17.1. The van der Waals surface area contributed by atoms with Crippen LogP contribution in [-0.4, -0.2) is 63.9 Å². The Morgan fingerprint density at radius 3 is 2.19 bits per heavy atom. The molecule has 1 saturated heterocycles. The largest absolute Gasteiger partial charge is 0.281 e.